The molecule has 1 aromatic heterocycles. The standard InChI is InChI=1S/C44H28N2O2/c47-43-35-23-14-26-40(45-38-24-12-10-21-33(38)34-22-11-13-25-39(34)45)41(35)44(48)46(43)42-36(30-17-6-2-7-18-30)27-32(29-15-4-1-5-16-29)28-37(42)31-19-8-3-9-20-31/h1-28H. The van der Waals surface area contributed by atoms with E-state index in [0.29, 0.717) is 22.5 Å². The van der Waals surface area contributed by atoms with Crippen molar-refractivity contribution < 1.29 is 9.59 Å². The molecule has 0 atom stereocenters. The maximum absolute atomic E-state index is 15.0. The van der Waals surface area contributed by atoms with Crippen LogP contribution in [0.4, 0.5) is 5.69 Å². The minimum absolute atomic E-state index is 0.334. The molecular formula is C44H28N2O2. The van der Waals surface area contributed by atoms with Crippen molar-refractivity contribution in [1.82, 2.24) is 4.57 Å². The van der Waals surface area contributed by atoms with Gasteiger partial charge >= 0.3 is 0 Å². The highest BCUT2D eigenvalue weighted by molar-refractivity contribution is 6.37. The van der Waals surface area contributed by atoms with Crippen molar-refractivity contribution >= 4 is 39.3 Å². The Labute approximate surface area is 277 Å². The van der Waals surface area contributed by atoms with E-state index >= 15 is 4.79 Å². The van der Waals surface area contributed by atoms with Crippen molar-refractivity contribution in [1.29, 1.82) is 0 Å². The quantitative estimate of drug-likeness (QED) is 0.181. The number of hydrogen-bond acceptors (Lipinski definition) is 2. The summed E-state index contributed by atoms with van der Waals surface area (Å²) in [5.41, 5.74) is 9.52. The van der Waals surface area contributed by atoms with E-state index in [9.17, 15) is 4.79 Å². The Kier molecular flexibility index (Phi) is 6.41. The lowest BCUT2D eigenvalue weighted by molar-refractivity contribution is 0.0926. The molecule has 2 amide bonds. The highest BCUT2D eigenvalue weighted by Gasteiger charge is 2.41. The van der Waals surface area contributed by atoms with E-state index in [1.54, 1.807) is 6.07 Å². The number of carbonyl (C=O) groups excluding carboxylic acids is 2. The fraction of sp³-hybridized carbons (Fsp3) is 0. The molecule has 7 aromatic carbocycles. The van der Waals surface area contributed by atoms with Gasteiger partial charge in [0.05, 0.1) is 33.5 Å². The smallest absolute Gasteiger partial charge is 0.268 e. The van der Waals surface area contributed by atoms with Crippen molar-refractivity contribution in [2.45, 2.75) is 0 Å². The van der Waals surface area contributed by atoms with E-state index in [1.165, 1.54) is 4.90 Å². The van der Waals surface area contributed by atoms with Crippen LogP contribution in [0, 0.1) is 0 Å². The van der Waals surface area contributed by atoms with Gasteiger partial charge in [0.25, 0.3) is 11.8 Å². The van der Waals surface area contributed by atoms with Crippen LogP contribution in [0.15, 0.2) is 170 Å². The first kappa shape index (κ1) is 27.8. The molecule has 48 heavy (non-hydrogen) atoms. The Bertz CT molecular complexity index is 2420. The molecule has 0 spiro atoms. The lowest BCUT2D eigenvalue weighted by atomic mass is 9.90. The number of benzene rings is 7. The molecule has 0 fully saturated rings. The summed E-state index contributed by atoms with van der Waals surface area (Å²) < 4.78 is 2.12. The summed E-state index contributed by atoms with van der Waals surface area (Å²) in [4.78, 5) is 31.1. The van der Waals surface area contributed by atoms with Gasteiger partial charge in [-0.3, -0.25) is 9.59 Å². The van der Waals surface area contributed by atoms with Crippen molar-refractivity contribution in [3.8, 4) is 39.1 Å². The minimum Gasteiger partial charge on any atom is -0.308 e. The summed E-state index contributed by atoms with van der Waals surface area (Å²) in [5, 5.41) is 2.18. The van der Waals surface area contributed by atoms with Gasteiger partial charge in [-0.2, -0.15) is 0 Å². The molecule has 1 aliphatic heterocycles. The summed E-state index contributed by atoms with van der Waals surface area (Å²) in [5.74, 6) is -0.672. The SMILES string of the molecule is O=C1c2cccc(-n3c4ccccc4c4ccccc43)c2C(=O)N1c1c(-c2ccccc2)cc(-c2ccccc2)cc1-c1ccccc1. The molecule has 0 radical (unpaired) electrons. The highest BCUT2D eigenvalue weighted by Crippen LogP contribution is 2.46. The Morgan fingerprint density at radius 2 is 0.854 bits per heavy atom. The van der Waals surface area contributed by atoms with E-state index in [1.807, 2.05) is 115 Å². The fourth-order valence-corrected chi connectivity index (χ4v) is 7.19. The number of hydrogen-bond donors (Lipinski definition) is 0. The first-order valence-electron chi connectivity index (χ1n) is 16.0. The molecule has 4 heteroatoms. The van der Waals surface area contributed by atoms with Crippen LogP contribution in [0.1, 0.15) is 20.7 Å². The molecule has 8 aromatic rings. The normalized spacial score (nSPS) is 12.6. The Balaban J connectivity index is 1.32. The summed E-state index contributed by atoms with van der Waals surface area (Å²) in [6.45, 7) is 0. The third-order valence-corrected chi connectivity index (χ3v) is 9.32. The van der Waals surface area contributed by atoms with Crippen LogP contribution in [0.25, 0.3) is 60.9 Å². The van der Waals surface area contributed by atoms with Crippen molar-refractivity contribution in [3.05, 3.63) is 181 Å². The first-order chi connectivity index (χ1) is 23.7. The van der Waals surface area contributed by atoms with Crippen LogP contribution in [0.3, 0.4) is 0 Å². The number of carbonyl (C=O) groups is 2. The van der Waals surface area contributed by atoms with Crippen LogP contribution in [-0.2, 0) is 0 Å². The van der Waals surface area contributed by atoms with Crippen LogP contribution in [-0.4, -0.2) is 16.4 Å². The number of rotatable bonds is 5. The van der Waals surface area contributed by atoms with E-state index in [-0.39, 0.29) is 11.8 Å². The van der Waals surface area contributed by atoms with Crippen molar-refractivity contribution in [2.24, 2.45) is 0 Å². The fourth-order valence-electron chi connectivity index (χ4n) is 7.19. The Morgan fingerprint density at radius 1 is 0.375 bits per heavy atom. The third kappa shape index (κ3) is 4.24. The zero-order chi connectivity index (χ0) is 32.2. The van der Waals surface area contributed by atoms with Gasteiger partial charge in [-0.05, 0) is 58.7 Å². The van der Waals surface area contributed by atoms with Gasteiger partial charge in [-0.15, -0.1) is 0 Å². The molecule has 0 aliphatic carbocycles. The summed E-state index contributed by atoms with van der Waals surface area (Å²) in [6, 6.07) is 56.4. The average Bonchev–Trinajstić information content (AvgIpc) is 3.62. The topological polar surface area (TPSA) is 42.3 Å². The highest BCUT2D eigenvalue weighted by atomic mass is 16.2. The zero-order valence-corrected chi connectivity index (χ0v) is 25.9. The molecule has 0 unspecified atom stereocenters. The van der Waals surface area contributed by atoms with Gasteiger partial charge in [0.2, 0.25) is 0 Å². The maximum atomic E-state index is 15.0. The van der Waals surface area contributed by atoms with Crippen molar-refractivity contribution in [3.63, 3.8) is 0 Å². The molecule has 9 rings (SSSR count). The second-order valence-electron chi connectivity index (χ2n) is 12.0. The van der Waals surface area contributed by atoms with Gasteiger partial charge < -0.3 is 4.57 Å². The number of amides is 2. The third-order valence-electron chi connectivity index (χ3n) is 9.32. The number of anilines is 1. The molecule has 0 N–H and O–H groups in total. The number of para-hydroxylation sites is 2. The van der Waals surface area contributed by atoms with Crippen LogP contribution >= 0.6 is 0 Å². The number of nitrogens with zero attached hydrogens (tertiary/aromatic N) is 2. The second-order valence-corrected chi connectivity index (χ2v) is 12.0. The summed E-state index contributed by atoms with van der Waals surface area (Å²) in [6.07, 6.45) is 0. The maximum Gasteiger partial charge on any atom is 0.268 e. The number of fused-ring (bicyclic) bond motifs is 4. The first-order valence-corrected chi connectivity index (χ1v) is 16.0. The largest absolute Gasteiger partial charge is 0.308 e. The van der Waals surface area contributed by atoms with Gasteiger partial charge in [-0.25, -0.2) is 4.90 Å². The van der Waals surface area contributed by atoms with Gasteiger partial charge in [-0.1, -0.05) is 133 Å². The number of aromatic nitrogens is 1. The molecular weight excluding hydrogens is 588 g/mol. The van der Waals surface area contributed by atoms with Gasteiger partial charge in [0.1, 0.15) is 0 Å². The van der Waals surface area contributed by atoms with E-state index < -0.39 is 0 Å². The van der Waals surface area contributed by atoms with Crippen LogP contribution in [0.2, 0.25) is 0 Å². The Hall–Kier alpha value is -6.52. The summed E-state index contributed by atoms with van der Waals surface area (Å²) in [7, 11) is 0. The molecule has 4 nitrogen and oxygen atoms in total. The minimum atomic E-state index is -0.339. The molecule has 2 heterocycles. The zero-order valence-electron chi connectivity index (χ0n) is 25.9. The van der Waals surface area contributed by atoms with Crippen LogP contribution < -0.4 is 4.90 Å². The Morgan fingerprint density at radius 3 is 1.40 bits per heavy atom. The van der Waals surface area contributed by atoms with E-state index in [4.69, 9.17) is 0 Å². The monoisotopic (exact) mass is 616 g/mol. The molecule has 226 valence electrons. The molecule has 1 aliphatic rings. The predicted octanol–water partition coefficient (Wildman–Crippen LogP) is 10.6. The van der Waals surface area contributed by atoms with Gasteiger partial charge in [0.15, 0.2) is 0 Å². The van der Waals surface area contributed by atoms with E-state index in [2.05, 4.69) is 53.1 Å². The van der Waals surface area contributed by atoms with E-state index in [0.717, 1.165) is 55.2 Å². The predicted molar refractivity (Wildman–Crippen MR) is 195 cm³/mol. The molecule has 0 bridgehead atoms. The second kappa shape index (κ2) is 11.1. The molecule has 0 saturated carbocycles. The average molecular weight is 617 g/mol. The lowest BCUT2D eigenvalue weighted by Gasteiger charge is -2.24. The van der Waals surface area contributed by atoms with Crippen molar-refractivity contribution in [2.75, 3.05) is 4.90 Å². The molecule has 0 saturated heterocycles. The van der Waals surface area contributed by atoms with Gasteiger partial charge in [0, 0.05) is 21.9 Å². The summed E-state index contributed by atoms with van der Waals surface area (Å²) >= 11 is 0. The van der Waals surface area contributed by atoms with Crippen LogP contribution in [0.5, 0.6) is 0 Å². The lowest BCUT2D eigenvalue weighted by Crippen LogP contribution is -2.30. The number of imide groups is 1.